The number of likely N-dealkylation sites (tertiary alicyclic amines) is 1. The molecule has 2 rings (SSSR count). The third kappa shape index (κ3) is 3.87. The minimum Gasteiger partial charge on any atom is -0.497 e. The molecular weight excluding hydrogens is 256 g/mol. The van der Waals surface area contributed by atoms with Gasteiger partial charge in [-0.3, -0.25) is 4.79 Å². The van der Waals surface area contributed by atoms with Gasteiger partial charge in [0.15, 0.2) is 0 Å². The Balaban J connectivity index is 1.89. The molecule has 0 aromatic heterocycles. The summed E-state index contributed by atoms with van der Waals surface area (Å²) in [4.78, 5) is 13.5. The lowest BCUT2D eigenvalue weighted by molar-refractivity contribution is -0.886. The zero-order valence-electron chi connectivity index (χ0n) is 12.2. The molecule has 0 bridgehead atoms. The van der Waals surface area contributed by atoms with E-state index in [0.717, 1.165) is 6.54 Å². The number of hydrogen-bond acceptors (Lipinski definition) is 3. The number of methoxy groups -OCH3 is 2. The fourth-order valence-electron chi connectivity index (χ4n) is 2.53. The van der Waals surface area contributed by atoms with E-state index >= 15 is 0 Å². The van der Waals surface area contributed by atoms with Gasteiger partial charge in [-0.25, -0.2) is 0 Å². The van der Waals surface area contributed by atoms with Crippen LogP contribution in [0.15, 0.2) is 18.2 Å². The van der Waals surface area contributed by atoms with Gasteiger partial charge in [-0.2, -0.15) is 0 Å². The van der Waals surface area contributed by atoms with Crippen molar-refractivity contribution in [2.24, 2.45) is 0 Å². The number of quaternary nitrogens is 1. The van der Waals surface area contributed by atoms with E-state index < -0.39 is 0 Å². The fraction of sp³-hybridized carbons (Fsp3) is 0.533. The molecule has 0 spiro atoms. The number of nitrogens with one attached hydrogen (secondary N) is 2. The zero-order valence-corrected chi connectivity index (χ0v) is 12.2. The average Bonchev–Trinajstić information content (AvgIpc) is 2.99. The maximum Gasteiger partial charge on any atom is 0.230 e. The molecule has 1 aliphatic rings. The Morgan fingerprint density at radius 3 is 2.65 bits per heavy atom. The van der Waals surface area contributed by atoms with Gasteiger partial charge < -0.3 is 19.7 Å². The van der Waals surface area contributed by atoms with Crippen LogP contribution in [0.25, 0.3) is 0 Å². The molecule has 1 amide bonds. The van der Waals surface area contributed by atoms with Gasteiger partial charge in [-0.05, 0) is 12.1 Å². The molecule has 1 aromatic carbocycles. The predicted molar refractivity (Wildman–Crippen MR) is 77.6 cm³/mol. The van der Waals surface area contributed by atoms with Crippen molar-refractivity contribution in [3.8, 4) is 11.5 Å². The fourth-order valence-corrected chi connectivity index (χ4v) is 2.53. The highest BCUT2D eigenvalue weighted by molar-refractivity contribution is 5.92. The van der Waals surface area contributed by atoms with Crippen molar-refractivity contribution < 1.29 is 19.2 Å². The lowest BCUT2D eigenvalue weighted by Gasteiger charge is -2.13. The molecule has 0 radical (unpaired) electrons. The van der Waals surface area contributed by atoms with Crippen molar-refractivity contribution in [3.63, 3.8) is 0 Å². The van der Waals surface area contributed by atoms with Crippen molar-refractivity contribution in [2.75, 3.05) is 39.2 Å². The highest BCUT2D eigenvalue weighted by Crippen LogP contribution is 2.28. The summed E-state index contributed by atoms with van der Waals surface area (Å²) in [6, 6.07) is 5.38. The Bertz CT molecular complexity index is 456. The van der Waals surface area contributed by atoms with Crippen LogP contribution in [0.5, 0.6) is 11.5 Å². The standard InChI is InChI=1S/C15H22N2O3/c1-19-12-5-6-13(14(11-12)20-2)16-15(18)7-10-17-8-3-4-9-17/h5-6,11H,3-4,7-10H2,1-2H3,(H,16,18)/p+1. The molecule has 0 unspecified atom stereocenters. The van der Waals surface area contributed by atoms with Gasteiger partial charge >= 0.3 is 0 Å². The highest BCUT2D eigenvalue weighted by Gasteiger charge is 2.17. The van der Waals surface area contributed by atoms with Crippen molar-refractivity contribution in [3.05, 3.63) is 18.2 Å². The Morgan fingerprint density at radius 2 is 2.00 bits per heavy atom. The van der Waals surface area contributed by atoms with E-state index in [9.17, 15) is 4.79 Å². The molecular formula is C15H23N2O3+. The number of carbonyl (C=O) groups excluding carboxylic acids is 1. The molecule has 20 heavy (non-hydrogen) atoms. The van der Waals surface area contributed by atoms with Gasteiger partial charge in [0.25, 0.3) is 0 Å². The number of ether oxygens (including phenoxy) is 2. The van der Waals surface area contributed by atoms with Crippen molar-refractivity contribution in [2.45, 2.75) is 19.3 Å². The average molecular weight is 279 g/mol. The Hall–Kier alpha value is -1.75. The Morgan fingerprint density at radius 1 is 1.25 bits per heavy atom. The van der Waals surface area contributed by atoms with Crippen LogP contribution >= 0.6 is 0 Å². The van der Waals surface area contributed by atoms with Crippen LogP contribution in [0.3, 0.4) is 0 Å². The predicted octanol–water partition coefficient (Wildman–Crippen LogP) is 0.711. The molecule has 0 saturated carbocycles. The van der Waals surface area contributed by atoms with Crippen molar-refractivity contribution in [1.82, 2.24) is 0 Å². The second-order valence-corrected chi connectivity index (χ2v) is 5.07. The molecule has 0 aliphatic carbocycles. The minimum atomic E-state index is 0.0351. The molecule has 1 aromatic rings. The van der Waals surface area contributed by atoms with E-state index in [1.54, 1.807) is 26.4 Å². The maximum absolute atomic E-state index is 12.0. The highest BCUT2D eigenvalue weighted by atomic mass is 16.5. The minimum absolute atomic E-state index is 0.0351. The largest absolute Gasteiger partial charge is 0.497 e. The van der Waals surface area contributed by atoms with Crippen LogP contribution in [0.4, 0.5) is 5.69 Å². The third-order valence-corrected chi connectivity index (χ3v) is 3.70. The SMILES string of the molecule is COc1ccc(NC(=O)CC[NH+]2CCCC2)c(OC)c1. The first-order valence-corrected chi connectivity index (χ1v) is 7.08. The lowest BCUT2D eigenvalue weighted by atomic mass is 10.2. The third-order valence-electron chi connectivity index (χ3n) is 3.70. The molecule has 0 atom stereocenters. The molecule has 2 N–H and O–H groups in total. The zero-order chi connectivity index (χ0) is 14.4. The molecule has 1 heterocycles. The van der Waals surface area contributed by atoms with E-state index in [2.05, 4.69) is 5.32 Å². The van der Waals surface area contributed by atoms with Gasteiger partial charge in [0.1, 0.15) is 11.5 Å². The first kappa shape index (κ1) is 14.7. The molecule has 110 valence electrons. The van der Waals surface area contributed by atoms with Gasteiger partial charge in [-0.1, -0.05) is 0 Å². The van der Waals surface area contributed by atoms with Crippen LogP contribution in [-0.4, -0.2) is 39.8 Å². The molecule has 5 heteroatoms. The number of anilines is 1. The monoisotopic (exact) mass is 279 g/mol. The quantitative estimate of drug-likeness (QED) is 0.806. The topological polar surface area (TPSA) is 52.0 Å². The summed E-state index contributed by atoms with van der Waals surface area (Å²) in [5.74, 6) is 1.36. The summed E-state index contributed by atoms with van der Waals surface area (Å²) < 4.78 is 10.4. The van der Waals surface area contributed by atoms with Crippen LogP contribution in [0.2, 0.25) is 0 Å². The van der Waals surface area contributed by atoms with Crippen LogP contribution in [0, 0.1) is 0 Å². The van der Waals surface area contributed by atoms with Gasteiger partial charge in [0.2, 0.25) is 5.91 Å². The smallest absolute Gasteiger partial charge is 0.230 e. The second-order valence-electron chi connectivity index (χ2n) is 5.07. The van der Waals surface area contributed by atoms with Gasteiger partial charge in [0, 0.05) is 18.9 Å². The molecule has 1 saturated heterocycles. The Kier molecular flexibility index (Phi) is 5.24. The number of amides is 1. The van der Waals surface area contributed by atoms with E-state index in [4.69, 9.17) is 9.47 Å². The summed E-state index contributed by atoms with van der Waals surface area (Å²) in [5.41, 5.74) is 0.690. The van der Waals surface area contributed by atoms with E-state index in [1.165, 1.54) is 30.8 Å². The van der Waals surface area contributed by atoms with E-state index in [1.807, 2.05) is 6.07 Å². The number of rotatable bonds is 6. The van der Waals surface area contributed by atoms with Crippen molar-refractivity contribution in [1.29, 1.82) is 0 Å². The van der Waals surface area contributed by atoms with Crippen molar-refractivity contribution >= 4 is 11.6 Å². The Labute approximate surface area is 119 Å². The van der Waals surface area contributed by atoms with E-state index in [0.29, 0.717) is 23.6 Å². The summed E-state index contributed by atoms with van der Waals surface area (Å²) in [6.07, 6.45) is 3.11. The molecule has 1 fully saturated rings. The molecule has 1 aliphatic heterocycles. The lowest BCUT2D eigenvalue weighted by Crippen LogP contribution is -3.10. The van der Waals surface area contributed by atoms with Crippen LogP contribution in [0.1, 0.15) is 19.3 Å². The normalized spacial score (nSPS) is 15.1. The van der Waals surface area contributed by atoms with Crippen LogP contribution in [-0.2, 0) is 4.79 Å². The number of benzene rings is 1. The first-order valence-electron chi connectivity index (χ1n) is 7.08. The molecule has 5 nitrogen and oxygen atoms in total. The second kappa shape index (κ2) is 7.14. The summed E-state index contributed by atoms with van der Waals surface area (Å²) in [7, 11) is 3.19. The number of hydrogen-bond donors (Lipinski definition) is 2. The van der Waals surface area contributed by atoms with Crippen LogP contribution < -0.4 is 19.7 Å². The van der Waals surface area contributed by atoms with E-state index in [-0.39, 0.29) is 5.91 Å². The first-order chi connectivity index (χ1) is 9.72. The summed E-state index contributed by atoms with van der Waals surface area (Å²) in [5, 5.41) is 2.90. The summed E-state index contributed by atoms with van der Waals surface area (Å²) >= 11 is 0. The maximum atomic E-state index is 12.0. The van der Waals surface area contributed by atoms with Gasteiger partial charge in [-0.15, -0.1) is 0 Å². The van der Waals surface area contributed by atoms with Gasteiger partial charge in [0.05, 0.1) is 46.0 Å². The number of carbonyl (C=O) groups is 1. The summed E-state index contributed by atoms with van der Waals surface area (Å²) in [6.45, 7) is 3.29.